The predicted octanol–water partition coefficient (Wildman–Crippen LogP) is 4.34. The molecule has 0 unspecified atom stereocenters. The second-order valence-electron chi connectivity index (χ2n) is 4.64. The Morgan fingerprint density at radius 1 is 1.11 bits per heavy atom. The van der Waals surface area contributed by atoms with Crippen molar-refractivity contribution in [3.05, 3.63) is 59.1 Å². The summed E-state index contributed by atoms with van der Waals surface area (Å²) in [6, 6.07) is 16.0. The number of benzene rings is 2. The van der Waals surface area contributed by atoms with Crippen LogP contribution >= 0.6 is 11.6 Å². The Kier molecular flexibility index (Phi) is 4.69. The number of halogens is 1. The molecule has 0 spiro atoms. The number of nitrogens with zero attached hydrogens (tertiary/aromatic N) is 1. The minimum Gasteiger partial charge on any atom is -0.399 e. The van der Waals surface area contributed by atoms with E-state index in [-0.39, 0.29) is 0 Å². The summed E-state index contributed by atoms with van der Waals surface area (Å²) in [5.74, 6) is 0. The maximum atomic E-state index is 6.04. The van der Waals surface area contributed by atoms with Gasteiger partial charge in [0.15, 0.2) is 0 Å². The SMILES string of the molecule is CCCN(Cc1cccc(Cl)c1)c1ccc(N)cc1. The Bertz CT molecular complexity index is 523. The summed E-state index contributed by atoms with van der Waals surface area (Å²) in [4.78, 5) is 2.34. The highest BCUT2D eigenvalue weighted by Crippen LogP contribution is 2.20. The van der Waals surface area contributed by atoms with Gasteiger partial charge in [0.1, 0.15) is 0 Å². The minimum atomic E-state index is 0.784. The Hall–Kier alpha value is -1.67. The Balaban J connectivity index is 2.18. The van der Waals surface area contributed by atoms with Crippen LogP contribution in [-0.4, -0.2) is 6.54 Å². The normalized spacial score (nSPS) is 10.4. The summed E-state index contributed by atoms with van der Waals surface area (Å²) in [5, 5.41) is 0.784. The monoisotopic (exact) mass is 274 g/mol. The van der Waals surface area contributed by atoms with E-state index in [1.807, 2.05) is 30.3 Å². The van der Waals surface area contributed by atoms with E-state index in [0.717, 1.165) is 30.2 Å². The molecule has 2 aromatic carbocycles. The fourth-order valence-corrected chi connectivity index (χ4v) is 2.32. The predicted molar refractivity (Wildman–Crippen MR) is 83.6 cm³/mol. The van der Waals surface area contributed by atoms with Crippen molar-refractivity contribution >= 4 is 23.0 Å². The third-order valence-corrected chi connectivity index (χ3v) is 3.25. The van der Waals surface area contributed by atoms with Crippen molar-refractivity contribution in [2.45, 2.75) is 19.9 Å². The highest BCUT2D eigenvalue weighted by Gasteiger charge is 2.06. The molecule has 0 aromatic heterocycles. The van der Waals surface area contributed by atoms with E-state index in [1.54, 1.807) is 0 Å². The van der Waals surface area contributed by atoms with E-state index < -0.39 is 0 Å². The lowest BCUT2D eigenvalue weighted by molar-refractivity contribution is 0.767. The molecule has 19 heavy (non-hydrogen) atoms. The first-order valence-corrected chi connectivity index (χ1v) is 6.92. The van der Waals surface area contributed by atoms with E-state index in [0.29, 0.717) is 0 Å². The van der Waals surface area contributed by atoms with Crippen molar-refractivity contribution in [1.82, 2.24) is 0 Å². The second kappa shape index (κ2) is 6.48. The molecule has 3 heteroatoms. The maximum absolute atomic E-state index is 6.04. The van der Waals surface area contributed by atoms with Gasteiger partial charge >= 0.3 is 0 Å². The lowest BCUT2D eigenvalue weighted by Crippen LogP contribution is -2.23. The van der Waals surface area contributed by atoms with Crippen molar-refractivity contribution < 1.29 is 0 Å². The second-order valence-corrected chi connectivity index (χ2v) is 5.08. The van der Waals surface area contributed by atoms with Crippen LogP contribution in [0.1, 0.15) is 18.9 Å². The van der Waals surface area contributed by atoms with Crippen LogP contribution in [0.25, 0.3) is 0 Å². The van der Waals surface area contributed by atoms with Crippen LogP contribution in [0.5, 0.6) is 0 Å². The van der Waals surface area contributed by atoms with Crippen molar-refractivity contribution in [1.29, 1.82) is 0 Å². The van der Waals surface area contributed by atoms with Crippen molar-refractivity contribution in [3.63, 3.8) is 0 Å². The molecule has 0 aliphatic heterocycles. The van der Waals surface area contributed by atoms with E-state index in [1.165, 1.54) is 11.3 Å². The molecule has 0 bridgehead atoms. The Morgan fingerprint density at radius 3 is 2.47 bits per heavy atom. The quantitative estimate of drug-likeness (QED) is 0.822. The van der Waals surface area contributed by atoms with Crippen molar-refractivity contribution in [3.8, 4) is 0 Å². The molecule has 100 valence electrons. The van der Waals surface area contributed by atoms with Gasteiger partial charge in [-0.25, -0.2) is 0 Å². The van der Waals surface area contributed by atoms with Gasteiger partial charge in [-0.05, 0) is 48.4 Å². The number of hydrogen-bond donors (Lipinski definition) is 1. The van der Waals surface area contributed by atoms with E-state index in [4.69, 9.17) is 17.3 Å². The molecule has 0 heterocycles. The smallest absolute Gasteiger partial charge is 0.0429 e. The third kappa shape index (κ3) is 3.90. The van der Waals surface area contributed by atoms with Crippen molar-refractivity contribution in [2.24, 2.45) is 0 Å². The third-order valence-electron chi connectivity index (χ3n) is 3.01. The summed E-state index contributed by atoms with van der Waals surface area (Å²) in [6.07, 6.45) is 1.10. The van der Waals surface area contributed by atoms with Gasteiger partial charge in [-0.1, -0.05) is 30.7 Å². The maximum Gasteiger partial charge on any atom is 0.0429 e. The highest BCUT2D eigenvalue weighted by molar-refractivity contribution is 6.30. The van der Waals surface area contributed by atoms with E-state index in [9.17, 15) is 0 Å². The number of nitrogen functional groups attached to an aromatic ring is 1. The van der Waals surface area contributed by atoms with Gasteiger partial charge in [0, 0.05) is 29.5 Å². The number of hydrogen-bond acceptors (Lipinski definition) is 2. The molecule has 2 aromatic rings. The number of anilines is 2. The molecule has 0 saturated carbocycles. The summed E-state index contributed by atoms with van der Waals surface area (Å²) < 4.78 is 0. The topological polar surface area (TPSA) is 29.3 Å². The van der Waals surface area contributed by atoms with Crippen LogP contribution in [0.3, 0.4) is 0 Å². The first kappa shape index (κ1) is 13.8. The molecule has 2 N–H and O–H groups in total. The lowest BCUT2D eigenvalue weighted by atomic mass is 10.2. The largest absolute Gasteiger partial charge is 0.399 e. The summed E-state index contributed by atoms with van der Waals surface area (Å²) in [5.41, 5.74) is 8.94. The van der Waals surface area contributed by atoms with Crippen LogP contribution in [0.15, 0.2) is 48.5 Å². The van der Waals surface area contributed by atoms with Crippen LogP contribution in [0, 0.1) is 0 Å². The number of nitrogens with two attached hydrogens (primary N) is 1. The van der Waals surface area contributed by atoms with Gasteiger partial charge in [-0.3, -0.25) is 0 Å². The molecule has 2 nitrogen and oxygen atoms in total. The summed E-state index contributed by atoms with van der Waals surface area (Å²) >= 11 is 6.04. The first-order valence-electron chi connectivity index (χ1n) is 6.54. The van der Waals surface area contributed by atoms with E-state index in [2.05, 4.69) is 30.0 Å². The van der Waals surface area contributed by atoms with Crippen LogP contribution in [-0.2, 0) is 6.54 Å². The standard InChI is InChI=1S/C16H19ClN2/c1-2-10-19(16-8-6-15(18)7-9-16)12-13-4-3-5-14(17)11-13/h3-9,11H,2,10,12,18H2,1H3. The molecular formula is C16H19ClN2. The molecule has 2 rings (SSSR count). The molecule has 0 saturated heterocycles. The minimum absolute atomic E-state index is 0.784. The average Bonchev–Trinajstić information content (AvgIpc) is 2.39. The summed E-state index contributed by atoms with van der Waals surface area (Å²) in [7, 11) is 0. The summed E-state index contributed by atoms with van der Waals surface area (Å²) in [6.45, 7) is 4.05. The molecule has 0 amide bonds. The van der Waals surface area contributed by atoms with Crippen LogP contribution < -0.4 is 10.6 Å². The first-order chi connectivity index (χ1) is 9.19. The number of rotatable bonds is 5. The zero-order valence-corrected chi connectivity index (χ0v) is 11.9. The highest BCUT2D eigenvalue weighted by atomic mass is 35.5. The van der Waals surface area contributed by atoms with E-state index >= 15 is 0 Å². The lowest BCUT2D eigenvalue weighted by Gasteiger charge is -2.24. The molecule has 0 atom stereocenters. The molecule has 0 aliphatic carbocycles. The van der Waals surface area contributed by atoms with Gasteiger partial charge in [0.2, 0.25) is 0 Å². The molecule has 0 radical (unpaired) electrons. The Labute approximate surface area is 119 Å². The fraction of sp³-hybridized carbons (Fsp3) is 0.250. The van der Waals surface area contributed by atoms with Gasteiger partial charge in [-0.2, -0.15) is 0 Å². The molecular weight excluding hydrogens is 256 g/mol. The zero-order chi connectivity index (χ0) is 13.7. The average molecular weight is 275 g/mol. The van der Waals surface area contributed by atoms with Crippen LogP contribution in [0.4, 0.5) is 11.4 Å². The zero-order valence-electron chi connectivity index (χ0n) is 11.1. The van der Waals surface area contributed by atoms with Crippen LogP contribution in [0.2, 0.25) is 5.02 Å². The molecule has 0 fully saturated rings. The fourth-order valence-electron chi connectivity index (χ4n) is 2.11. The van der Waals surface area contributed by atoms with Crippen molar-refractivity contribution in [2.75, 3.05) is 17.2 Å². The molecule has 0 aliphatic rings. The Morgan fingerprint density at radius 2 is 1.84 bits per heavy atom. The van der Waals surface area contributed by atoms with Gasteiger partial charge in [-0.15, -0.1) is 0 Å². The van der Waals surface area contributed by atoms with Gasteiger partial charge in [0.25, 0.3) is 0 Å². The van der Waals surface area contributed by atoms with Gasteiger partial charge < -0.3 is 10.6 Å². The van der Waals surface area contributed by atoms with Gasteiger partial charge in [0.05, 0.1) is 0 Å².